The molecule has 1 aliphatic carbocycles. The first-order chi connectivity index (χ1) is 15.1. The van der Waals surface area contributed by atoms with E-state index in [-0.39, 0.29) is 23.8 Å². The molecular formula is C25H31FN4O. The lowest BCUT2D eigenvalue weighted by Crippen LogP contribution is -2.48. The summed E-state index contributed by atoms with van der Waals surface area (Å²) in [7, 11) is 0. The van der Waals surface area contributed by atoms with Gasteiger partial charge in [0, 0.05) is 31.1 Å². The van der Waals surface area contributed by atoms with E-state index in [0.29, 0.717) is 29.9 Å². The summed E-state index contributed by atoms with van der Waals surface area (Å²) in [6.07, 6.45) is 7.75. The third kappa shape index (κ3) is 4.11. The largest absolute Gasteiger partial charge is 0.333 e. The maximum Gasteiger partial charge on any atom is 0.241 e. The van der Waals surface area contributed by atoms with Gasteiger partial charge in [-0.25, -0.2) is 9.82 Å². The topological polar surface area (TPSA) is 57.3 Å². The highest BCUT2D eigenvalue weighted by molar-refractivity contribution is 5.83. The second kappa shape index (κ2) is 8.67. The van der Waals surface area contributed by atoms with E-state index in [1.165, 1.54) is 12.5 Å². The summed E-state index contributed by atoms with van der Waals surface area (Å²) in [4.78, 5) is 20.2. The zero-order valence-electron chi connectivity index (χ0n) is 18.1. The fourth-order valence-electron chi connectivity index (χ4n) is 5.64. The van der Waals surface area contributed by atoms with Crippen LogP contribution in [-0.2, 0) is 11.2 Å². The van der Waals surface area contributed by atoms with Crippen molar-refractivity contribution < 1.29 is 9.18 Å². The summed E-state index contributed by atoms with van der Waals surface area (Å²) in [5.74, 6) is 1.06. The van der Waals surface area contributed by atoms with Gasteiger partial charge in [-0.2, -0.15) is 0 Å². The van der Waals surface area contributed by atoms with Crippen molar-refractivity contribution in [3.8, 4) is 0 Å². The summed E-state index contributed by atoms with van der Waals surface area (Å²) < 4.78 is 14.0. The molecule has 1 saturated carbocycles. The molecule has 3 heterocycles. The minimum atomic E-state index is -0.188. The predicted octanol–water partition coefficient (Wildman–Crippen LogP) is 3.76. The van der Waals surface area contributed by atoms with Gasteiger partial charge in [0.25, 0.3) is 0 Å². The Hall–Kier alpha value is -2.31. The smallest absolute Gasteiger partial charge is 0.241 e. The van der Waals surface area contributed by atoms with E-state index in [4.69, 9.17) is 0 Å². The number of rotatable bonds is 4. The van der Waals surface area contributed by atoms with Crippen LogP contribution >= 0.6 is 0 Å². The van der Waals surface area contributed by atoms with Gasteiger partial charge in [0.05, 0.1) is 11.7 Å². The Bertz CT molecular complexity index is 933. The normalized spacial score (nSPS) is 30.4. The minimum absolute atomic E-state index is 0.0249. The zero-order valence-corrected chi connectivity index (χ0v) is 18.1. The molecule has 0 spiro atoms. The van der Waals surface area contributed by atoms with Gasteiger partial charge in [0.15, 0.2) is 0 Å². The number of fused-ring (bicyclic) bond motifs is 1. The first kappa shape index (κ1) is 20.6. The number of likely N-dealkylation sites (tertiary alicyclic amines) is 1. The molecule has 1 aromatic heterocycles. The Kier molecular flexibility index (Phi) is 5.76. The van der Waals surface area contributed by atoms with Crippen LogP contribution in [0, 0.1) is 17.7 Å². The Morgan fingerprint density at radius 1 is 1.16 bits per heavy atom. The van der Waals surface area contributed by atoms with Gasteiger partial charge in [-0.15, -0.1) is 0 Å². The van der Waals surface area contributed by atoms with Crippen LogP contribution in [0.1, 0.15) is 61.9 Å². The van der Waals surface area contributed by atoms with Crippen molar-refractivity contribution in [2.24, 2.45) is 11.8 Å². The number of nitrogens with one attached hydrogen (secondary N) is 2. The molecule has 31 heavy (non-hydrogen) atoms. The number of hydrogen-bond acceptors (Lipinski definition) is 4. The number of pyridine rings is 1. The molecule has 1 amide bonds. The third-order valence-corrected chi connectivity index (χ3v) is 7.36. The number of hydrazine groups is 1. The summed E-state index contributed by atoms with van der Waals surface area (Å²) in [6.45, 7) is 3.08. The Morgan fingerprint density at radius 2 is 2.03 bits per heavy atom. The van der Waals surface area contributed by atoms with Crippen LogP contribution in [-0.4, -0.2) is 34.4 Å². The van der Waals surface area contributed by atoms with Crippen molar-refractivity contribution in [1.82, 2.24) is 20.7 Å². The van der Waals surface area contributed by atoms with Crippen LogP contribution in [0.15, 0.2) is 42.6 Å². The van der Waals surface area contributed by atoms with Crippen LogP contribution in [0.5, 0.6) is 0 Å². The molecule has 5 unspecified atom stereocenters. The van der Waals surface area contributed by atoms with Crippen molar-refractivity contribution in [2.45, 2.75) is 63.6 Å². The van der Waals surface area contributed by atoms with Crippen LogP contribution in [0.3, 0.4) is 0 Å². The van der Waals surface area contributed by atoms with Gasteiger partial charge in [-0.3, -0.25) is 15.2 Å². The van der Waals surface area contributed by atoms with E-state index in [1.54, 1.807) is 6.07 Å². The molecule has 5 atom stereocenters. The van der Waals surface area contributed by atoms with Crippen molar-refractivity contribution in [1.29, 1.82) is 0 Å². The van der Waals surface area contributed by atoms with Crippen LogP contribution in [0.4, 0.5) is 4.39 Å². The highest BCUT2D eigenvalue weighted by Crippen LogP contribution is 2.37. The molecule has 2 saturated heterocycles. The highest BCUT2D eigenvalue weighted by atomic mass is 19.1. The third-order valence-electron chi connectivity index (χ3n) is 7.36. The molecular weight excluding hydrogens is 391 g/mol. The van der Waals surface area contributed by atoms with E-state index in [2.05, 4.69) is 22.8 Å². The number of benzene rings is 1. The molecule has 6 heteroatoms. The maximum absolute atomic E-state index is 14.0. The molecule has 5 nitrogen and oxygen atoms in total. The summed E-state index contributed by atoms with van der Waals surface area (Å²) in [5.41, 5.74) is 9.27. The quantitative estimate of drug-likeness (QED) is 0.788. The van der Waals surface area contributed by atoms with Crippen LogP contribution in [0.2, 0.25) is 0 Å². The average molecular weight is 423 g/mol. The molecule has 2 aromatic rings. The van der Waals surface area contributed by atoms with Crippen molar-refractivity contribution in [3.63, 3.8) is 0 Å². The number of halogens is 1. The molecule has 0 radical (unpaired) electrons. The number of amides is 1. The molecule has 2 N–H and O–H groups in total. The fraction of sp³-hybridized carbons (Fsp3) is 0.520. The van der Waals surface area contributed by atoms with Crippen molar-refractivity contribution >= 4 is 5.91 Å². The van der Waals surface area contributed by atoms with Gasteiger partial charge < -0.3 is 4.90 Å². The number of nitrogens with zero attached hydrogens (tertiary/aromatic N) is 2. The summed E-state index contributed by atoms with van der Waals surface area (Å²) >= 11 is 0. The first-order valence-electron chi connectivity index (χ1n) is 11.6. The number of hydrogen-bond donors (Lipinski definition) is 2. The summed E-state index contributed by atoms with van der Waals surface area (Å²) in [5, 5.41) is 0. The van der Waals surface area contributed by atoms with E-state index >= 15 is 0 Å². The lowest BCUT2D eigenvalue weighted by atomic mass is 9.76. The molecule has 3 aliphatic rings. The van der Waals surface area contributed by atoms with Gasteiger partial charge in [0.1, 0.15) is 11.9 Å². The highest BCUT2D eigenvalue weighted by Gasteiger charge is 2.46. The fourth-order valence-corrected chi connectivity index (χ4v) is 5.64. The summed E-state index contributed by atoms with van der Waals surface area (Å²) in [6, 6.07) is 11.2. The van der Waals surface area contributed by atoms with Crippen molar-refractivity contribution in [2.75, 3.05) is 6.54 Å². The minimum Gasteiger partial charge on any atom is -0.333 e. The standard InChI is InChI=1S/C25H31FN4O/c1-16-8-10-21-19(13-16)24(29-28-21)25(31)30-12-4-7-23(30)22-11-9-17(15-27-22)14-18-5-2-3-6-20(18)26/h2-3,5-6,9,11,15-16,19,21,23-24,28-29H,4,7-8,10,12-14H2,1H3. The van der Waals surface area contributed by atoms with Gasteiger partial charge in [-0.05, 0) is 61.3 Å². The Labute approximate surface area is 183 Å². The number of carbonyl (C=O) groups excluding carboxylic acids is 1. The molecule has 1 aromatic carbocycles. The zero-order chi connectivity index (χ0) is 21.4. The monoisotopic (exact) mass is 422 g/mol. The number of carbonyl (C=O) groups is 1. The molecule has 0 bridgehead atoms. The Balaban J connectivity index is 1.29. The molecule has 3 fully saturated rings. The van der Waals surface area contributed by atoms with Crippen LogP contribution in [0.25, 0.3) is 0 Å². The molecule has 2 aliphatic heterocycles. The van der Waals surface area contributed by atoms with Gasteiger partial charge in [0.2, 0.25) is 5.91 Å². The molecule has 164 valence electrons. The van der Waals surface area contributed by atoms with E-state index in [0.717, 1.165) is 43.5 Å². The first-order valence-corrected chi connectivity index (χ1v) is 11.6. The van der Waals surface area contributed by atoms with Gasteiger partial charge >= 0.3 is 0 Å². The average Bonchev–Trinajstić information content (AvgIpc) is 3.43. The van der Waals surface area contributed by atoms with Crippen molar-refractivity contribution in [3.05, 3.63) is 65.2 Å². The SMILES string of the molecule is CC1CCC2NNC(C(=O)N3CCCC3c3ccc(Cc4ccccc4F)cn3)C2C1. The lowest BCUT2D eigenvalue weighted by Gasteiger charge is -2.33. The second-order valence-corrected chi connectivity index (χ2v) is 9.50. The number of aromatic nitrogens is 1. The lowest BCUT2D eigenvalue weighted by molar-refractivity contribution is -0.135. The second-order valence-electron chi connectivity index (χ2n) is 9.50. The van der Waals surface area contributed by atoms with E-state index in [1.807, 2.05) is 35.4 Å². The van der Waals surface area contributed by atoms with E-state index < -0.39 is 0 Å². The Morgan fingerprint density at radius 3 is 2.84 bits per heavy atom. The maximum atomic E-state index is 14.0. The van der Waals surface area contributed by atoms with Crippen LogP contribution < -0.4 is 10.9 Å². The van der Waals surface area contributed by atoms with Gasteiger partial charge in [-0.1, -0.05) is 31.2 Å². The van der Waals surface area contributed by atoms with E-state index in [9.17, 15) is 9.18 Å². The predicted molar refractivity (Wildman–Crippen MR) is 117 cm³/mol. The molecule has 5 rings (SSSR count).